The van der Waals surface area contributed by atoms with Gasteiger partial charge >= 0.3 is 0 Å². The predicted molar refractivity (Wildman–Crippen MR) is 68.8 cm³/mol. The molecule has 1 aliphatic rings. The molecule has 1 saturated heterocycles. The Labute approximate surface area is 110 Å². The monoisotopic (exact) mass is 265 g/mol. The summed E-state index contributed by atoms with van der Waals surface area (Å²) in [6, 6.07) is 5.95. The molecule has 0 radical (unpaired) electrons. The molecule has 0 bridgehead atoms. The summed E-state index contributed by atoms with van der Waals surface area (Å²) in [6.07, 6.45) is 3.35. The van der Waals surface area contributed by atoms with Gasteiger partial charge in [0, 0.05) is 25.6 Å². The van der Waals surface area contributed by atoms with Crippen LogP contribution in [0.15, 0.2) is 30.3 Å². The van der Waals surface area contributed by atoms with E-state index in [-0.39, 0.29) is 24.9 Å². The van der Waals surface area contributed by atoms with Gasteiger partial charge in [-0.1, -0.05) is 12.1 Å². The summed E-state index contributed by atoms with van der Waals surface area (Å²) >= 11 is 0. The molecule has 2 rings (SSSR count). The van der Waals surface area contributed by atoms with E-state index in [1.807, 2.05) is 0 Å². The van der Waals surface area contributed by atoms with E-state index in [0.29, 0.717) is 18.6 Å². The highest BCUT2D eigenvalue weighted by Gasteiger charge is 2.32. The van der Waals surface area contributed by atoms with Crippen LogP contribution in [0.1, 0.15) is 12.0 Å². The van der Waals surface area contributed by atoms with Crippen molar-refractivity contribution in [2.75, 3.05) is 19.8 Å². The van der Waals surface area contributed by atoms with Crippen LogP contribution in [-0.4, -0.2) is 36.4 Å². The molecular formula is C14H16FNO3. The third kappa shape index (κ3) is 4.15. The van der Waals surface area contributed by atoms with Crippen LogP contribution in [0.2, 0.25) is 0 Å². The highest BCUT2D eigenvalue weighted by molar-refractivity contribution is 5.91. The van der Waals surface area contributed by atoms with Crippen molar-refractivity contribution in [3.63, 3.8) is 0 Å². The molecule has 1 fully saturated rings. The fraction of sp³-hybridized carbons (Fsp3) is 0.357. The quantitative estimate of drug-likeness (QED) is 0.802. The summed E-state index contributed by atoms with van der Waals surface area (Å²) in [7, 11) is 0. The Bertz CT molecular complexity index is 481. The second kappa shape index (κ2) is 5.95. The fourth-order valence-corrected chi connectivity index (χ4v) is 1.83. The standard InChI is InChI=1S/C14H16FNO3/c15-12-3-1-2-11(8-12)4-5-13(17)16-9-14(18)6-7-19-10-14/h1-5,8,18H,6-7,9-10H2,(H,16,17)/b5-4+. The lowest BCUT2D eigenvalue weighted by Crippen LogP contribution is -2.42. The zero-order valence-electron chi connectivity index (χ0n) is 10.4. The molecular weight excluding hydrogens is 249 g/mol. The number of rotatable bonds is 4. The lowest BCUT2D eigenvalue weighted by Gasteiger charge is -2.19. The first-order chi connectivity index (χ1) is 9.07. The van der Waals surface area contributed by atoms with Gasteiger partial charge in [-0.15, -0.1) is 0 Å². The summed E-state index contributed by atoms with van der Waals surface area (Å²) < 4.78 is 18.0. The summed E-state index contributed by atoms with van der Waals surface area (Å²) in [5.74, 6) is -0.676. The third-order valence-corrected chi connectivity index (χ3v) is 2.95. The second-order valence-electron chi connectivity index (χ2n) is 4.63. The molecule has 19 heavy (non-hydrogen) atoms. The molecule has 1 atom stereocenters. The Morgan fingerprint density at radius 1 is 1.58 bits per heavy atom. The maximum atomic E-state index is 12.9. The fourth-order valence-electron chi connectivity index (χ4n) is 1.83. The summed E-state index contributed by atoms with van der Waals surface area (Å²) in [6.45, 7) is 0.895. The lowest BCUT2D eigenvalue weighted by molar-refractivity contribution is -0.117. The number of carbonyl (C=O) groups excluding carboxylic acids is 1. The van der Waals surface area contributed by atoms with Crippen LogP contribution in [-0.2, 0) is 9.53 Å². The molecule has 0 saturated carbocycles. The van der Waals surface area contributed by atoms with Gasteiger partial charge in [-0.05, 0) is 23.8 Å². The molecule has 5 heteroatoms. The molecule has 1 amide bonds. The molecule has 0 spiro atoms. The van der Waals surface area contributed by atoms with Crippen molar-refractivity contribution < 1.29 is 19.0 Å². The predicted octanol–water partition coefficient (Wildman–Crippen LogP) is 1.11. The molecule has 1 aliphatic heterocycles. The van der Waals surface area contributed by atoms with Crippen LogP contribution in [0, 0.1) is 5.82 Å². The largest absolute Gasteiger partial charge is 0.386 e. The van der Waals surface area contributed by atoms with Crippen molar-refractivity contribution in [1.82, 2.24) is 5.32 Å². The lowest BCUT2D eigenvalue weighted by atomic mass is 10.0. The average Bonchev–Trinajstić information content (AvgIpc) is 2.82. The van der Waals surface area contributed by atoms with E-state index < -0.39 is 5.60 Å². The Balaban J connectivity index is 1.84. The molecule has 1 heterocycles. The van der Waals surface area contributed by atoms with Crippen molar-refractivity contribution in [3.05, 3.63) is 41.7 Å². The first-order valence-electron chi connectivity index (χ1n) is 6.09. The Morgan fingerprint density at radius 2 is 2.42 bits per heavy atom. The summed E-state index contributed by atoms with van der Waals surface area (Å²) in [5.41, 5.74) is -0.361. The minimum Gasteiger partial charge on any atom is -0.386 e. The number of nitrogens with one attached hydrogen (secondary N) is 1. The first kappa shape index (κ1) is 13.7. The van der Waals surface area contributed by atoms with Crippen LogP contribution >= 0.6 is 0 Å². The molecule has 102 valence electrons. The van der Waals surface area contributed by atoms with E-state index in [2.05, 4.69) is 5.32 Å². The van der Waals surface area contributed by atoms with Crippen molar-refractivity contribution in [1.29, 1.82) is 0 Å². The van der Waals surface area contributed by atoms with Crippen molar-refractivity contribution in [3.8, 4) is 0 Å². The normalized spacial score (nSPS) is 22.8. The minimum atomic E-state index is -0.970. The zero-order valence-corrected chi connectivity index (χ0v) is 10.4. The Kier molecular flexibility index (Phi) is 4.29. The van der Waals surface area contributed by atoms with Crippen LogP contribution in [0.4, 0.5) is 4.39 Å². The summed E-state index contributed by atoms with van der Waals surface area (Å²) in [4.78, 5) is 11.6. The van der Waals surface area contributed by atoms with E-state index >= 15 is 0 Å². The number of benzene rings is 1. The maximum Gasteiger partial charge on any atom is 0.244 e. The smallest absolute Gasteiger partial charge is 0.244 e. The highest BCUT2D eigenvalue weighted by Crippen LogP contribution is 2.16. The van der Waals surface area contributed by atoms with Crippen molar-refractivity contribution in [2.45, 2.75) is 12.0 Å². The number of hydrogen-bond acceptors (Lipinski definition) is 3. The van der Waals surface area contributed by atoms with Gasteiger partial charge in [0.05, 0.1) is 6.61 Å². The van der Waals surface area contributed by atoms with E-state index in [1.54, 1.807) is 12.1 Å². The topological polar surface area (TPSA) is 58.6 Å². The molecule has 1 aromatic rings. The molecule has 0 aliphatic carbocycles. The Morgan fingerprint density at radius 3 is 3.11 bits per heavy atom. The SMILES string of the molecule is O=C(/C=C/c1cccc(F)c1)NCC1(O)CCOC1. The number of aliphatic hydroxyl groups is 1. The number of halogens is 1. The maximum absolute atomic E-state index is 12.9. The van der Waals surface area contributed by atoms with E-state index in [9.17, 15) is 14.3 Å². The number of hydrogen-bond donors (Lipinski definition) is 2. The minimum absolute atomic E-state index is 0.152. The summed E-state index contributed by atoms with van der Waals surface area (Å²) in [5, 5.41) is 12.5. The average molecular weight is 265 g/mol. The van der Waals surface area contributed by atoms with Crippen molar-refractivity contribution >= 4 is 12.0 Å². The van der Waals surface area contributed by atoms with E-state index in [4.69, 9.17) is 4.74 Å². The van der Waals surface area contributed by atoms with Gasteiger partial charge in [-0.3, -0.25) is 4.79 Å². The van der Waals surface area contributed by atoms with Gasteiger partial charge in [0.25, 0.3) is 0 Å². The van der Waals surface area contributed by atoms with Crippen LogP contribution in [0.25, 0.3) is 6.08 Å². The molecule has 1 unspecified atom stereocenters. The van der Waals surface area contributed by atoms with Gasteiger partial charge in [0.2, 0.25) is 5.91 Å². The van der Waals surface area contributed by atoms with Gasteiger partial charge in [-0.25, -0.2) is 4.39 Å². The van der Waals surface area contributed by atoms with Gasteiger partial charge in [-0.2, -0.15) is 0 Å². The second-order valence-corrected chi connectivity index (χ2v) is 4.63. The van der Waals surface area contributed by atoms with Crippen LogP contribution < -0.4 is 5.32 Å². The van der Waals surface area contributed by atoms with E-state index in [0.717, 1.165) is 0 Å². The third-order valence-electron chi connectivity index (χ3n) is 2.95. The van der Waals surface area contributed by atoms with Gasteiger partial charge in [0.1, 0.15) is 11.4 Å². The molecule has 1 aromatic carbocycles. The molecule has 2 N–H and O–H groups in total. The zero-order chi connectivity index (χ0) is 13.7. The number of ether oxygens (including phenoxy) is 1. The Hall–Kier alpha value is -1.72. The first-order valence-corrected chi connectivity index (χ1v) is 6.09. The number of carbonyl (C=O) groups is 1. The van der Waals surface area contributed by atoms with Crippen LogP contribution in [0.5, 0.6) is 0 Å². The highest BCUT2D eigenvalue weighted by atomic mass is 19.1. The van der Waals surface area contributed by atoms with Gasteiger partial charge < -0.3 is 15.2 Å². The molecule has 0 aromatic heterocycles. The van der Waals surface area contributed by atoms with E-state index in [1.165, 1.54) is 24.3 Å². The van der Waals surface area contributed by atoms with Crippen LogP contribution in [0.3, 0.4) is 0 Å². The molecule has 4 nitrogen and oxygen atoms in total. The van der Waals surface area contributed by atoms with Gasteiger partial charge in [0.15, 0.2) is 0 Å². The van der Waals surface area contributed by atoms with Crippen molar-refractivity contribution in [2.24, 2.45) is 0 Å². The number of amides is 1.